The number of rotatable bonds is 11. The van der Waals surface area contributed by atoms with Gasteiger partial charge in [-0.3, -0.25) is 0 Å². The van der Waals surface area contributed by atoms with Crippen molar-refractivity contribution in [3.63, 3.8) is 0 Å². The van der Waals surface area contributed by atoms with Crippen molar-refractivity contribution in [2.75, 3.05) is 13.2 Å². The summed E-state index contributed by atoms with van der Waals surface area (Å²) in [6, 6.07) is 0. The van der Waals surface area contributed by atoms with Crippen LogP contribution in [0.15, 0.2) is 0 Å². The van der Waals surface area contributed by atoms with E-state index in [4.69, 9.17) is 9.78 Å². The van der Waals surface area contributed by atoms with Gasteiger partial charge in [0.05, 0.1) is 13.2 Å². The maximum Gasteiger partial charge on any atom is 0.0847 e. The van der Waals surface area contributed by atoms with Crippen LogP contribution in [0.1, 0.15) is 67.2 Å². The second kappa shape index (κ2) is 10.8. The topological polar surface area (TPSA) is 18.5 Å². The zero-order valence-corrected chi connectivity index (χ0v) is 13.4. The van der Waals surface area contributed by atoms with Gasteiger partial charge in [-0.05, 0) is 36.5 Å². The molecule has 0 aromatic heterocycles. The SMILES string of the molecule is CC(C)CCC(C)COOCC(C)CCC(C)C. The summed E-state index contributed by atoms with van der Waals surface area (Å²) < 4.78 is 0. The fraction of sp³-hybridized carbons (Fsp3) is 1.00. The summed E-state index contributed by atoms with van der Waals surface area (Å²) in [5, 5.41) is 0. The van der Waals surface area contributed by atoms with E-state index in [1.165, 1.54) is 25.7 Å². The van der Waals surface area contributed by atoms with E-state index in [1.807, 2.05) is 0 Å². The van der Waals surface area contributed by atoms with Crippen molar-refractivity contribution in [2.24, 2.45) is 23.7 Å². The lowest BCUT2D eigenvalue weighted by Gasteiger charge is -2.15. The predicted molar refractivity (Wildman–Crippen MR) is 78.4 cm³/mol. The third-order valence-electron chi connectivity index (χ3n) is 3.26. The highest BCUT2D eigenvalue weighted by Crippen LogP contribution is 2.14. The third kappa shape index (κ3) is 12.4. The molecule has 18 heavy (non-hydrogen) atoms. The lowest BCUT2D eigenvalue weighted by Crippen LogP contribution is -2.12. The van der Waals surface area contributed by atoms with E-state index in [1.54, 1.807) is 0 Å². The van der Waals surface area contributed by atoms with Crippen molar-refractivity contribution in [3.8, 4) is 0 Å². The normalized spacial score (nSPS) is 15.3. The molecule has 0 saturated carbocycles. The maximum absolute atomic E-state index is 5.31. The highest BCUT2D eigenvalue weighted by Gasteiger charge is 2.07. The largest absolute Gasteiger partial charge is 0.236 e. The van der Waals surface area contributed by atoms with Crippen molar-refractivity contribution in [1.29, 1.82) is 0 Å². The highest BCUT2D eigenvalue weighted by atomic mass is 17.2. The summed E-state index contributed by atoms with van der Waals surface area (Å²) in [4.78, 5) is 10.6. The number of hydrogen-bond acceptors (Lipinski definition) is 2. The average Bonchev–Trinajstić information content (AvgIpc) is 2.29. The third-order valence-corrected chi connectivity index (χ3v) is 3.26. The first-order valence-electron chi connectivity index (χ1n) is 7.66. The smallest absolute Gasteiger partial charge is 0.0847 e. The Labute approximate surface area is 114 Å². The van der Waals surface area contributed by atoms with Gasteiger partial charge in [0.2, 0.25) is 0 Å². The summed E-state index contributed by atoms with van der Waals surface area (Å²) in [7, 11) is 0. The van der Waals surface area contributed by atoms with E-state index in [9.17, 15) is 0 Å². The highest BCUT2D eigenvalue weighted by molar-refractivity contribution is 4.54. The van der Waals surface area contributed by atoms with E-state index in [-0.39, 0.29) is 0 Å². The predicted octanol–water partition coefficient (Wildman–Crippen LogP) is 5.08. The average molecular weight is 258 g/mol. The molecule has 0 amide bonds. The van der Waals surface area contributed by atoms with Gasteiger partial charge in [0.1, 0.15) is 0 Å². The summed E-state index contributed by atoms with van der Waals surface area (Å²) in [6.45, 7) is 15.0. The molecule has 2 atom stereocenters. The molecule has 0 N–H and O–H groups in total. The van der Waals surface area contributed by atoms with Crippen LogP contribution in [0.2, 0.25) is 0 Å². The van der Waals surface area contributed by atoms with Crippen LogP contribution in [-0.2, 0) is 9.78 Å². The van der Waals surface area contributed by atoms with Crippen LogP contribution in [0.4, 0.5) is 0 Å². The van der Waals surface area contributed by atoms with E-state index >= 15 is 0 Å². The van der Waals surface area contributed by atoms with Gasteiger partial charge in [-0.1, -0.05) is 54.4 Å². The molecule has 2 unspecified atom stereocenters. The summed E-state index contributed by atoms with van der Waals surface area (Å²) >= 11 is 0. The van der Waals surface area contributed by atoms with Crippen molar-refractivity contribution in [1.82, 2.24) is 0 Å². The summed E-state index contributed by atoms with van der Waals surface area (Å²) in [5.41, 5.74) is 0. The molecule has 0 aromatic carbocycles. The van der Waals surface area contributed by atoms with Crippen LogP contribution in [0.25, 0.3) is 0 Å². The Kier molecular flexibility index (Phi) is 10.8. The van der Waals surface area contributed by atoms with Crippen LogP contribution in [0.5, 0.6) is 0 Å². The van der Waals surface area contributed by atoms with Crippen LogP contribution in [0, 0.1) is 23.7 Å². The Bertz CT molecular complexity index is 158. The Hall–Kier alpha value is -0.0800. The molecule has 0 bridgehead atoms. The Balaban J connectivity index is 3.37. The lowest BCUT2D eigenvalue weighted by molar-refractivity contribution is -0.306. The second-order valence-electron chi connectivity index (χ2n) is 6.72. The van der Waals surface area contributed by atoms with Gasteiger partial charge in [-0.15, -0.1) is 0 Å². The van der Waals surface area contributed by atoms with Gasteiger partial charge in [-0.2, -0.15) is 0 Å². The minimum Gasteiger partial charge on any atom is -0.236 e. The molecular weight excluding hydrogens is 224 g/mol. The van der Waals surface area contributed by atoms with Crippen molar-refractivity contribution < 1.29 is 9.78 Å². The minimum atomic E-state index is 0.596. The molecule has 2 nitrogen and oxygen atoms in total. The van der Waals surface area contributed by atoms with Crippen LogP contribution >= 0.6 is 0 Å². The monoisotopic (exact) mass is 258 g/mol. The zero-order valence-electron chi connectivity index (χ0n) is 13.4. The van der Waals surface area contributed by atoms with E-state index in [0.717, 1.165) is 25.0 Å². The lowest BCUT2D eigenvalue weighted by atomic mass is 10.0. The molecule has 0 aromatic rings. The molecule has 0 aliphatic heterocycles. The van der Waals surface area contributed by atoms with Crippen LogP contribution in [0.3, 0.4) is 0 Å². The Morgan fingerprint density at radius 1 is 0.556 bits per heavy atom. The van der Waals surface area contributed by atoms with Crippen molar-refractivity contribution >= 4 is 0 Å². The minimum absolute atomic E-state index is 0.596. The van der Waals surface area contributed by atoms with E-state index in [0.29, 0.717) is 11.8 Å². The van der Waals surface area contributed by atoms with Crippen molar-refractivity contribution in [3.05, 3.63) is 0 Å². The van der Waals surface area contributed by atoms with Gasteiger partial charge in [-0.25, -0.2) is 9.78 Å². The quantitative estimate of drug-likeness (QED) is 0.292. The number of hydrogen-bond donors (Lipinski definition) is 0. The molecule has 0 fully saturated rings. The van der Waals surface area contributed by atoms with Crippen molar-refractivity contribution in [2.45, 2.75) is 67.2 Å². The Morgan fingerprint density at radius 3 is 1.17 bits per heavy atom. The zero-order chi connectivity index (χ0) is 14.0. The van der Waals surface area contributed by atoms with E-state index < -0.39 is 0 Å². The van der Waals surface area contributed by atoms with Gasteiger partial charge in [0, 0.05) is 0 Å². The molecule has 0 heterocycles. The molecule has 0 spiro atoms. The first-order chi connectivity index (χ1) is 8.41. The van der Waals surface area contributed by atoms with Crippen LogP contribution < -0.4 is 0 Å². The molecular formula is C16H34O2. The standard InChI is InChI=1S/C16H34O2/c1-13(2)7-9-15(5)11-17-18-12-16(6)10-8-14(3)4/h13-16H,7-12H2,1-6H3. The molecule has 0 radical (unpaired) electrons. The molecule has 0 saturated heterocycles. The second-order valence-corrected chi connectivity index (χ2v) is 6.72. The molecule has 0 rings (SSSR count). The maximum atomic E-state index is 5.31. The first-order valence-corrected chi connectivity index (χ1v) is 7.66. The van der Waals surface area contributed by atoms with Gasteiger partial charge < -0.3 is 0 Å². The van der Waals surface area contributed by atoms with Crippen LogP contribution in [-0.4, -0.2) is 13.2 Å². The van der Waals surface area contributed by atoms with Gasteiger partial charge in [0.25, 0.3) is 0 Å². The summed E-state index contributed by atoms with van der Waals surface area (Å²) in [6.07, 6.45) is 5.00. The fourth-order valence-corrected chi connectivity index (χ4v) is 1.73. The van der Waals surface area contributed by atoms with E-state index in [2.05, 4.69) is 41.5 Å². The first kappa shape index (κ1) is 17.9. The van der Waals surface area contributed by atoms with Gasteiger partial charge in [0.15, 0.2) is 0 Å². The molecule has 2 heteroatoms. The Morgan fingerprint density at radius 2 is 0.889 bits per heavy atom. The fourth-order valence-electron chi connectivity index (χ4n) is 1.73. The summed E-state index contributed by atoms with van der Waals surface area (Å²) in [5.74, 6) is 2.76. The van der Waals surface area contributed by atoms with Gasteiger partial charge >= 0.3 is 0 Å². The molecule has 0 aliphatic carbocycles. The molecule has 110 valence electrons. The molecule has 0 aliphatic rings.